The van der Waals surface area contributed by atoms with Crippen LogP contribution in [0.3, 0.4) is 0 Å². The Morgan fingerprint density at radius 3 is 2.27 bits per heavy atom. The Bertz CT molecular complexity index is 946. The monoisotopic (exact) mass is 402 g/mol. The third kappa shape index (κ3) is 5.90. The number of hydrogen-bond acceptors (Lipinski definition) is 3. The molecule has 3 aromatic rings. The zero-order chi connectivity index (χ0) is 21.3. The molecule has 1 unspecified atom stereocenters. The summed E-state index contributed by atoms with van der Waals surface area (Å²) in [5.41, 5.74) is 7.65. The van der Waals surface area contributed by atoms with Gasteiger partial charge in [-0.25, -0.2) is 0 Å². The Labute approximate surface area is 179 Å². The van der Waals surface area contributed by atoms with Crippen LogP contribution < -0.4 is 0 Å². The first kappa shape index (κ1) is 22.0. The van der Waals surface area contributed by atoms with E-state index in [4.69, 9.17) is 9.84 Å². The summed E-state index contributed by atoms with van der Waals surface area (Å²) in [6.07, 6.45) is 1.41. The highest BCUT2D eigenvalue weighted by Gasteiger charge is 2.10. The molecule has 3 nitrogen and oxygen atoms in total. The van der Waals surface area contributed by atoms with E-state index in [-0.39, 0.29) is 6.61 Å². The average molecular weight is 403 g/mol. The van der Waals surface area contributed by atoms with Crippen molar-refractivity contribution >= 4 is 0 Å². The fourth-order valence-corrected chi connectivity index (χ4v) is 3.45. The quantitative estimate of drug-likeness (QED) is 0.353. The number of aryl methyl sites for hydroxylation is 1. The molecule has 0 amide bonds. The molecule has 0 fully saturated rings. The molecular weight excluding hydrogens is 372 g/mol. The molecule has 0 saturated heterocycles. The van der Waals surface area contributed by atoms with E-state index >= 15 is 0 Å². The molecule has 3 rings (SSSR count). The lowest BCUT2D eigenvalue weighted by Crippen LogP contribution is -2.14. The predicted molar refractivity (Wildman–Crippen MR) is 123 cm³/mol. The summed E-state index contributed by atoms with van der Waals surface area (Å²) in [5, 5.41) is 18.9. The van der Waals surface area contributed by atoms with E-state index in [0.29, 0.717) is 18.6 Å². The van der Waals surface area contributed by atoms with Crippen LogP contribution in [0.4, 0.5) is 0 Å². The van der Waals surface area contributed by atoms with Crippen molar-refractivity contribution < 1.29 is 14.9 Å². The summed E-state index contributed by atoms with van der Waals surface area (Å²) in [5.74, 6) is 0. The Kier molecular flexibility index (Phi) is 7.97. The van der Waals surface area contributed by atoms with E-state index < -0.39 is 6.29 Å². The second-order valence-electron chi connectivity index (χ2n) is 7.58. The third-order valence-electron chi connectivity index (χ3n) is 5.17. The minimum Gasteiger partial charge on any atom is -0.396 e. The molecule has 0 aliphatic carbocycles. The van der Waals surface area contributed by atoms with E-state index in [1.165, 1.54) is 16.7 Å². The maximum atomic E-state index is 9.89. The smallest absolute Gasteiger partial charge is 0.176 e. The van der Waals surface area contributed by atoms with Gasteiger partial charge < -0.3 is 14.9 Å². The van der Waals surface area contributed by atoms with E-state index in [1.54, 1.807) is 6.92 Å². The number of ether oxygens (including phenoxy) is 1. The van der Waals surface area contributed by atoms with Crippen LogP contribution in [-0.2, 0) is 17.6 Å². The number of hydrogen-bond donors (Lipinski definition) is 2. The highest BCUT2D eigenvalue weighted by Crippen LogP contribution is 2.30. The molecule has 2 N–H and O–H groups in total. The molecule has 0 bridgehead atoms. The summed E-state index contributed by atoms with van der Waals surface area (Å²) in [7, 11) is 0. The summed E-state index contributed by atoms with van der Waals surface area (Å²) in [6.45, 7) is 6.11. The average Bonchev–Trinajstić information content (AvgIpc) is 2.78. The molecule has 0 radical (unpaired) electrons. The summed E-state index contributed by atoms with van der Waals surface area (Å²) < 4.78 is 5.54. The van der Waals surface area contributed by atoms with Crippen molar-refractivity contribution in [3.05, 3.63) is 96.1 Å². The van der Waals surface area contributed by atoms with Gasteiger partial charge in [0.1, 0.15) is 0 Å². The van der Waals surface area contributed by atoms with Crippen LogP contribution in [0.15, 0.2) is 84.9 Å². The Morgan fingerprint density at radius 2 is 1.60 bits per heavy atom. The van der Waals surface area contributed by atoms with Gasteiger partial charge >= 0.3 is 0 Å². The first-order chi connectivity index (χ1) is 14.6. The highest BCUT2D eigenvalue weighted by atomic mass is 16.6. The van der Waals surface area contributed by atoms with Crippen LogP contribution in [0.1, 0.15) is 24.5 Å². The van der Waals surface area contributed by atoms with Gasteiger partial charge in [0.2, 0.25) is 0 Å². The second-order valence-corrected chi connectivity index (χ2v) is 7.58. The Morgan fingerprint density at radius 1 is 0.900 bits per heavy atom. The molecule has 0 aliphatic rings. The van der Waals surface area contributed by atoms with Gasteiger partial charge in [0.15, 0.2) is 6.29 Å². The van der Waals surface area contributed by atoms with E-state index in [2.05, 4.69) is 61.2 Å². The Balaban J connectivity index is 1.87. The highest BCUT2D eigenvalue weighted by molar-refractivity contribution is 5.74. The summed E-state index contributed by atoms with van der Waals surface area (Å²) >= 11 is 0. The van der Waals surface area contributed by atoms with Gasteiger partial charge in [0, 0.05) is 6.61 Å². The van der Waals surface area contributed by atoms with Crippen molar-refractivity contribution in [3.8, 4) is 22.3 Å². The van der Waals surface area contributed by atoms with Crippen LogP contribution in [0.25, 0.3) is 22.3 Å². The number of benzene rings is 3. The lowest BCUT2D eigenvalue weighted by atomic mass is 9.93. The van der Waals surface area contributed by atoms with E-state index in [0.717, 1.165) is 29.5 Å². The molecule has 0 aromatic heterocycles. The van der Waals surface area contributed by atoms with Crippen LogP contribution >= 0.6 is 0 Å². The summed E-state index contributed by atoms with van der Waals surface area (Å²) in [6, 6.07) is 25.4. The molecule has 3 heteroatoms. The number of rotatable bonds is 10. The van der Waals surface area contributed by atoms with Gasteiger partial charge in [-0.3, -0.25) is 0 Å². The zero-order valence-electron chi connectivity index (χ0n) is 17.6. The molecule has 3 aromatic carbocycles. The lowest BCUT2D eigenvalue weighted by Gasteiger charge is -2.15. The van der Waals surface area contributed by atoms with Gasteiger partial charge in [-0.15, -0.1) is 0 Å². The Hall–Kier alpha value is -2.72. The molecule has 0 saturated carbocycles. The number of aliphatic hydroxyl groups excluding tert-OH is 2. The summed E-state index contributed by atoms with van der Waals surface area (Å²) in [4.78, 5) is 0. The fourth-order valence-electron chi connectivity index (χ4n) is 3.45. The zero-order valence-corrected chi connectivity index (χ0v) is 17.6. The van der Waals surface area contributed by atoms with Crippen LogP contribution in [0.2, 0.25) is 0 Å². The van der Waals surface area contributed by atoms with Crippen LogP contribution in [0, 0.1) is 0 Å². The van der Waals surface area contributed by atoms with Crippen molar-refractivity contribution in [2.45, 2.75) is 32.5 Å². The van der Waals surface area contributed by atoms with Crippen molar-refractivity contribution in [1.82, 2.24) is 0 Å². The van der Waals surface area contributed by atoms with Gasteiger partial charge in [-0.2, -0.15) is 0 Å². The third-order valence-corrected chi connectivity index (χ3v) is 5.17. The molecule has 0 spiro atoms. The molecule has 0 heterocycles. The van der Waals surface area contributed by atoms with Crippen molar-refractivity contribution in [2.24, 2.45) is 0 Å². The lowest BCUT2D eigenvalue weighted by molar-refractivity contribution is -0.0705. The normalized spacial score (nSPS) is 12.0. The molecule has 1 atom stereocenters. The largest absolute Gasteiger partial charge is 0.396 e. The maximum Gasteiger partial charge on any atom is 0.176 e. The van der Waals surface area contributed by atoms with Crippen molar-refractivity contribution in [2.75, 3.05) is 13.2 Å². The van der Waals surface area contributed by atoms with E-state index in [1.807, 2.05) is 18.2 Å². The maximum absolute atomic E-state index is 9.89. The van der Waals surface area contributed by atoms with Gasteiger partial charge in [-0.05, 0) is 65.1 Å². The molecular formula is C27H30O3. The SMILES string of the molecule is C=C(C)C(O)OCCc1cc(-c2ccccc2)ccc1-c1ccc(CCCO)cc1. The standard InChI is InChI=1S/C27H30O3/c1-20(2)27(29)30-18-16-25-19-24(22-8-4-3-5-9-22)14-15-26(25)23-12-10-21(11-13-23)7-6-17-28/h3-5,8-15,19,27-29H,1,6-7,16-18H2,2H3. The van der Waals surface area contributed by atoms with Crippen LogP contribution in [-0.4, -0.2) is 29.7 Å². The van der Waals surface area contributed by atoms with Gasteiger partial charge in [-0.1, -0.05) is 79.4 Å². The fraction of sp³-hybridized carbons (Fsp3) is 0.259. The topological polar surface area (TPSA) is 49.7 Å². The molecule has 156 valence electrons. The van der Waals surface area contributed by atoms with Gasteiger partial charge in [0.05, 0.1) is 6.61 Å². The molecule has 0 aliphatic heterocycles. The van der Waals surface area contributed by atoms with E-state index in [9.17, 15) is 5.11 Å². The minimum absolute atomic E-state index is 0.211. The van der Waals surface area contributed by atoms with Crippen molar-refractivity contribution in [3.63, 3.8) is 0 Å². The molecule has 30 heavy (non-hydrogen) atoms. The van der Waals surface area contributed by atoms with Crippen LogP contribution in [0.5, 0.6) is 0 Å². The number of aliphatic hydroxyl groups is 2. The van der Waals surface area contributed by atoms with Crippen molar-refractivity contribution in [1.29, 1.82) is 0 Å². The predicted octanol–water partition coefficient (Wildman–Crippen LogP) is 5.40. The first-order valence-corrected chi connectivity index (χ1v) is 10.4. The first-order valence-electron chi connectivity index (χ1n) is 10.4. The van der Waals surface area contributed by atoms with Gasteiger partial charge in [0.25, 0.3) is 0 Å². The second kappa shape index (κ2) is 10.9. The minimum atomic E-state index is -0.934.